The van der Waals surface area contributed by atoms with E-state index in [-0.39, 0.29) is 5.92 Å². The Morgan fingerprint density at radius 2 is 1.94 bits per heavy atom. The second-order valence-corrected chi connectivity index (χ2v) is 8.16. The lowest BCUT2D eigenvalue weighted by atomic mass is 10.0. The Morgan fingerprint density at radius 1 is 1.29 bits per heavy atom. The summed E-state index contributed by atoms with van der Waals surface area (Å²) in [6, 6.07) is 0. The summed E-state index contributed by atoms with van der Waals surface area (Å²) in [4.78, 5) is 11.9. The Labute approximate surface area is 102 Å². The van der Waals surface area contributed by atoms with Crippen LogP contribution in [0.15, 0.2) is 0 Å². The predicted molar refractivity (Wildman–Crippen MR) is 63.3 cm³/mol. The van der Waals surface area contributed by atoms with E-state index >= 15 is 0 Å². The van der Waals surface area contributed by atoms with Crippen molar-refractivity contribution in [1.82, 2.24) is 5.32 Å². The van der Waals surface area contributed by atoms with Crippen LogP contribution in [0.2, 0.25) is 0 Å². The third-order valence-electron chi connectivity index (χ3n) is 3.28. The molecule has 0 aliphatic carbocycles. The van der Waals surface area contributed by atoms with Gasteiger partial charge in [-0.25, -0.2) is 8.42 Å². The van der Waals surface area contributed by atoms with Gasteiger partial charge < -0.3 is 10.1 Å². The maximum absolute atomic E-state index is 12.2. The number of carbonyl (C=O) groups excluding carboxylic acids is 1. The maximum Gasteiger partial charge on any atom is 0.324 e. The van der Waals surface area contributed by atoms with E-state index in [2.05, 4.69) is 5.32 Å². The molecule has 0 spiro atoms. The summed E-state index contributed by atoms with van der Waals surface area (Å²) in [5.41, 5.74) is -0.636. The molecular formula is C11H19NO4S. The molecule has 2 rings (SSSR count). The van der Waals surface area contributed by atoms with Crippen LogP contribution in [0.25, 0.3) is 0 Å². The van der Waals surface area contributed by atoms with Crippen molar-refractivity contribution < 1.29 is 17.9 Å². The highest BCUT2D eigenvalue weighted by molar-refractivity contribution is 7.93. The zero-order valence-electron chi connectivity index (χ0n) is 10.4. The number of carbonyl (C=O) groups is 1. The molecule has 17 heavy (non-hydrogen) atoms. The van der Waals surface area contributed by atoms with Crippen LogP contribution in [0, 0.1) is 5.92 Å². The molecule has 1 N–H and O–H groups in total. The van der Waals surface area contributed by atoms with Gasteiger partial charge in [-0.05, 0) is 39.7 Å². The number of fused-ring (bicyclic) bond motifs is 1. The first-order valence-corrected chi connectivity index (χ1v) is 7.49. The minimum absolute atomic E-state index is 0.0671. The first-order valence-electron chi connectivity index (χ1n) is 5.88. The lowest BCUT2D eigenvalue weighted by Gasteiger charge is -2.22. The van der Waals surface area contributed by atoms with Gasteiger partial charge in [0.2, 0.25) is 0 Å². The minimum atomic E-state index is -3.37. The number of esters is 1. The Hall–Kier alpha value is -0.620. The van der Waals surface area contributed by atoms with Crippen LogP contribution < -0.4 is 5.32 Å². The van der Waals surface area contributed by atoms with E-state index in [0.29, 0.717) is 19.5 Å². The Bertz CT molecular complexity index is 423. The van der Waals surface area contributed by atoms with Gasteiger partial charge in [0.25, 0.3) is 0 Å². The summed E-state index contributed by atoms with van der Waals surface area (Å²) in [5.74, 6) is -0.524. The number of sulfone groups is 1. The summed E-state index contributed by atoms with van der Waals surface area (Å²) in [7, 11) is -3.37. The smallest absolute Gasteiger partial charge is 0.324 e. The largest absolute Gasteiger partial charge is 0.459 e. The van der Waals surface area contributed by atoms with Crippen molar-refractivity contribution >= 4 is 15.8 Å². The van der Waals surface area contributed by atoms with Gasteiger partial charge in [-0.2, -0.15) is 0 Å². The van der Waals surface area contributed by atoms with Crippen LogP contribution in [0.1, 0.15) is 27.2 Å². The molecular weight excluding hydrogens is 242 g/mol. The van der Waals surface area contributed by atoms with Gasteiger partial charge in [0.1, 0.15) is 5.60 Å². The van der Waals surface area contributed by atoms with Crippen LogP contribution >= 0.6 is 0 Å². The maximum atomic E-state index is 12.2. The summed E-state index contributed by atoms with van der Waals surface area (Å²) in [6.45, 7) is 6.38. The van der Waals surface area contributed by atoms with Crippen LogP contribution in [0.4, 0.5) is 0 Å². The number of rotatable bonds is 1. The standard InChI is InChI=1S/C11H19NO4S/c1-11(2,3)16-10(13)8-4-7-5-12-6-9(7)17(8,14)15/h7-9,12H,4-6H2,1-3H3/t7-,8?,9+/m1/s1. The molecule has 0 aromatic heterocycles. The number of ether oxygens (including phenoxy) is 1. The van der Waals surface area contributed by atoms with Gasteiger partial charge in [-0.1, -0.05) is 0 Å². The number of hydrogen-bond donors (Lipinski definition) is 1. The summed E-state index contributed by atoms with van der Waals surface area (Å²) >= 11 is 0. The van der Waals surface area contributed by atoms with E-state index in [1.165, 1.54) is 0 Å². The van der Waals surface area contributed by atoms with Gasteiger partial charge in [0.05, 0.1) is 5.25 Å². The minimum Gasteiger partial charge on any atom is -0.459 e. The highest BCUT2D eigenvalue weighted by atomic mass is 32.2. The normalized spacial score (nSPS) is 35.6. The fraction of sp³-hybridized carbons (Fsp3) is 0.909. The molecule has 6 heteroatoms. The zero-order valence-corrected chi connectivity index (χ0v) is 11.2. The van der Waals surface area contributed by atoms with E-state index in [1.807, 2.05) is 0 Å². The molecule has 1 unspecified atom stereocenters. The second-order valence-electron chi connectivity index (χ2n) is 5.80. The lowest BCUT2D eigenvalue weighted by Crippen LogP contribution is -2.37. The molecule has 2 fully saturated rings. The molecule has 5 nitrogen and oxygen atoms in total. The molecule has 0 saturated carbocycles. The van der Waals surface area contributed by atoms with Crippen molar-refractivity contribution in [2.45, 2.75) is 43.3 Å². The molecule has 98 valence electrons. The van der Waals surface area contributed by atoms with E-state index in [9.17, 15) is 13.2 Å². The molecule has 2 aliphatic heterocycles. The van der Waals surface area contributed by atoms with E-state index in [4.69, 9.17) is 4.74 Å². The molecule has 0 aromatic rings. The van der Waals surface area contributed by atoms with Crippen molar-refractivity contribution in [2.24, 2.45) is 5.92 Å². The molecule has 2 aliphatic rings. The van der Waals surface area contributed by atoms with E-state index < -0.39 is 31.9 Å². The predicted octanol–water partition coefficient (Wildman–Crippen LogP) is 0.103. The summed E-state index contributed by atoms with van der Waals surface area (Å²) in [6.07, 6.45) is 0.398. The van der Waals surface area contributed by atoms with Gasteiger partial charge in [-0.15, -0.1) is 0 Å². The van der Waals surface area contributed by atoms with E-state index in [1.54, 1.807) is 20.8 Å². The highest BCUT2D eigenvalue weighted by Crippen LogP contribution is 2.36. The van der Waals surface area contributed by atoms with Crippen LogP contribution in [-0.2, 0) is 19.4 Å². The Kier molecular flexibility index (Phi) is 2.98. The second kappa shape index (κ2) is 3.95. The summed E-state index contributed by atoms with van der Waals surface area (Å²) in [5, 5.41) is 1.69. The van der Waals surface area contributed by atoms with Gasteiger partial charge in [0, 0.05) is 6.54 Å². The van der Waals surface area contributed by atoms with Crippen molar-refractivity contribution in [3.05, 3.63) is 0 Å². The average molecular weight is 261 g/mol. The fourth-order valence-corrected chi connectivity index (χ4v) is 4.89. The number of nitrogens with one attached hydrogen (secondary N) is 1. The van der Waals surface area contributed by atoms with Crippen molar-refractivity contribution in [3.63, 3.8) is 0 Å². The molecule has 0 radical (unpaired) electrons. The quantitative estimate of drug-likeness (QED) is 0.678. The highest BCUT2D eigenvalue weighted by Gasteiger charge is 2.53. The van der Waals surface area contributed by atoms with Crippen molar-refractivity contribution in [2.75, 3.05) is 13.1 Å². The van der Waals surface area contributed by atoms with Gasteiger partial charge >= 0.3 is 5.97 Å². The van der Waals surface area contributed by atoms with Gasteiger partial charge in [-0.3, -0.25) is 4.79 Å². The topological polar surface area (TPSA) is 72.5 Å². The van der Waals surface area contributed by atoms with Crippen LogP contribution in [0.3, 0.4) is 0 Å². The van der Waals surface area contributed by atoms with Crippen LogP contribution in [-0.4, -0.2) is 43.6 Å². The van der Waals surface area contributed by atoms with Crippen molar-refractivity contribution in [1.29, 1.82) is 0 Å². The van der Waals surface area contributed by atoms with Crippen molar-refractivity contribution in [3.8, 4) is 0 Å². The Morgan fingerprint density at radius 3 is 2.47 bits per heavy atom. The molecule has 2 saturated heterocycles. The third-order valence-corrected chi connectivity index (χ3v) is 5.86. The SMILES string of the molecule is CC(C)(C)OC(=O)C1C[C@@H]2CNC[C@@H]2S1(=O)=O. The van der Waals surface area contributed by atoms with Gasteiger partial charge in [0.15, 0.2) is 15.1 Å². The van der Waals surface area contributed by atoms with E-state index in [0.717, 1.165) is 0 Å². The number of hydrogen-bond acceptors (Lipinski definition) is 5. The molecule has 3 atom stereocenters. The summed E-state index contributed by atoms with van der Waals surface area (Å²) < 4.78 is 29.5. The molecule has 0 bridgehead atoms. The zero-order chi connectivity index (χ0) is 12.8. The third kappa shape index (κ3) is 2.33. The molecule has 0 aromatic carbocycles. The lowest BCUT2D eigenvalue weighted by molar-refractivity contribution is -0.154. The Balaban J connectivity index is 2.16. The monoisotopic (exact) mass is 261 g/mol. The average Bonchev–Trinajstić information content (AvgIpc) is 2.65. The fourth-order valence-electron chi connectivity index (χ4n) is 2.55. The first kappa shape index (κ1) is 12.8. The molecule has 0 amide bonds. The molecule has 2 heterocycles. The van der Waals surface area contributed by atoms with Crippen LogP contribution in [0.5, 0.6) is 0 Å². The first-order chi connectivity index (χ1) is 7.72.